The van der Waals surface area contributed by atoms with Crippen LogP contribution in [0.25, 0.3) is 0 Å². The van der Waals surface area contributed by atoms with Gasteiger partial charge in [-0.25, -0.2) is 5.84 Å². The summed E-state index contributed by atoms with van der Waals surface area (Å²) in [6.07, 6.45) is 0.689. The Morgan fingerprint density at radius 1 is 1.50 bits per heavy atom. The first-order valence-corrected chi connectivity index (χ1v) is 6.37. The number of hydrogen-bond acceptors (Lipinski definition) is 3. The molecule has 0 aliphatic rings. The van der Waals surface area contributed by atoms with Crippen LogP contribution in [0.2, 0.25) is 5.02 Å². The average Bonchev–Trinajstić information content (AvgIpc) is 2.38. The van der Waals surface area contributed by atoms with E-state index in [2.05, 4.69) is 5.43 Å². The highest BCUT2D eigenvalue weighted by Crippen LogP contribution is 2.27. The van der Waals surface area contributed by atoms with Crippen molar-refractivity contribution in [2.45, 2.75) is 32.4 Å². The lowest BCUT2D eigenvalue weighted by molar-refractivity contribution is -0.126. The molecule has 100 valence electrons. The van der Waals surface area contributed by atoms with Crippen LogP contribution in [-0.2, 0) is 4.79 Å². The van der Waals surface area contributed by atoms with Gasteiger partial charge in [-0.05, 0) is 32.0 Å². The van der Waals surface area contributed by atoms with Crippen LogP contribution in [0, 0.1) is 0 Å². The van der Waals surface area contributed by atoms with Crippen LogP contribution in [0.5, 0.6) is 0 Å². The molecule has 1 amide bonds. The standard InChI is InChI=1S/C13H20ClN3O/c1-4-12(13(18)16-15)17(3)9(2)10-7-5-6-8-11(10)14/h5-9,12H,4,15H2,1-3H3,(H,16,18). The van der Waals surface area contributed by atoms with E-state index < -0.39 is 0 Å². The molecule has 2 unspecified atom stereocenters. The van der Waals surface area contributed by atoms with Crippen molar-refractivity contribution < 1.29 is 4.79 Å². The van der Waals surface area contributed by atoms with Crippen LogP contribution in [0.15, 0.2) is 24.3 Å². The number of hydrogen-bond donors (Lipinski definition) is 2. The summed E-state index contributed by atoms with van der Waals surface area (Å²) in [5, 5.41) is 0.708. The summed E-state index contributed by atoms with van der Waals surface area (Å²) >= 11 is 6.17. The third-order valence-corrected chi connectivity index (χ3v) is 3.63. The number of benzene rings is 1. The predicted octanol–water partition coefficient (Wildman–Crippen LogP) is 2.10. The monoisotopic (exact) mass is 269 g/mol. The summed E-state index contributed by atoms with van der Waals surface area (Å²) in [5.41, 5.74) is 3.21. The molecular weight excluding hydrogens is 250 g/mol. The number of nitrogens with zero attached hydrogens (tertiary/aromatic N) is 1. The minimum absolute atomic E-state index is 0.0425. The lowest BCUT2D eigenvalue weighted by atomic mass is 10.0. The second kappa shape index (κ2) is 6.73. The molecule has 1 aromatic carbocycles. The fourth-order valence-electron chi connectivity index (χ4n) is 2.06. The molecule has 0 bridgehead atoms. The SMILES string of the molecule is CCC(C(=O)NN)N(C)C(C)c1ccccc1Cl. The number of rotatable bonds is 5. The zero-order valence-corrected chi connectivity index (χ0v) is 11.7. The van der Waals surface area contributed by atoms with Crippen LogP contribution in [0.1, 0.15) is 31.9 Å². The molecule has 0 saturated heterocycles. The van der Waals surface area contributed by atoms with Gasteiger partial charge >= 0.3 is 0 Å². The van der Waals surface area contributed by atoms with Crippen molar-refractivity contribution in [3.05, 3.63) is 34.9 Å². The molecule has 2 atom stereocenters. The van der Waals surface area contributed by atoms with Gasteiger partial charge < -0.3 is 0 Å². The normalized spacial score (nSPS) is 14.3. The Morgan fingerprint density at radius 2 is 2.11 bits per heavy atom. The number of carbonyl (C=O) groups is 1. The maximum Gasteiger partial charge on any atom is 0.251 e. The summed E-state index contributed by atoms with van der Waals surface area (Å²) in [7, 11) is 1.90. The summed E-state index contributed by atoms with van der Waals surface area (Å²) in [4.78, 5) is 13.7. The van der Waals surface area contributed by atoms with Gasteiger partial charge in [-0.3, -0.25) is 15.1 Å². The average molecular weight is 270 g/mol. The summed E-state index contributed by atoms with van der Waals surface area (Å²) in [6.45, 7) is 3.98. The lowest BCUT2D eigenvalue weighted by Gasteiger charge is -2.31. The molecule has 1 rings (SSSR count). The van der Waals surface area contributed by atoms with Gasteiger partial charge in [0.15, 0.2) is 0 Å². The maximum absolute atomic E-state index is 11.7. The Bertz CT molecular complexity index is 411. The van der Waals surface area contributed by atoms with Crippen molar-refractivity contribution in [3.8, 4) is 0 Å². The second-order valence-corrected chi connectivity index (χ2v) is 4.70. The number of nitrogens with two attached hydrogens (primary N) is 1. The van der Waals surface area contributed by atoms with Crippen molar-refractivity contribution >= 4 is 17.5 Å². The highest BCUT2D eigenvalue weighted by Gasteiger charge is 2.25. The first-order valence-electron chi connectivity index (χ1n) is 5.99. The van der Waals surface area contributed by atoms with Crippen molar-refractivity contribution in [1.29, 1.82) is 0 Å². The van der Waals surface area contributed by atoms with Crippen molar-refractivity contribution in [1.82, 2.24) is 10.3 Å². The highest BCUT2D eigenvalue weighted by atomic mass is 35.5. The molecule has 0 aliphatic heterocycles. The van der Waals surface area contributed by atoms with Crippen molar-refractivity contribution in [2.24, 2.45) is 5.84 Å². The van der Waals surface area contributed by atoms with E-state index in [1.54, 1.807) is 0 Å². The molecule has 4 nitrogen and oxygen atoms in total. The van der Waals surface area contributed by atoms with E-state index in [9.17, 15) is 4.79 Å². The van der Waals surface area contributed by atoms with Gasteiger partial charge in [-0.2, -0.15) is 0 Å². The Kier molecular flexibility index (Phi) is 5.59. The van der Waals surface area contributed by atoms with Gasteiger partial charge in [-0.1, -0.05) is 36.7 Å². The first-order chi connectivity index (χ1) is 8.52. The number of amides is 1. The smallest absolute Gasteiger partial charge is 0.251 e. The molecule has 0 aromatic heterocycles. The minimum Gasteiger partial charge on any atom is -0.293 e. The van der Waals surface area contributed by atoms with Crippen LogP contribution < -0.4 is 11.3 Å². The third-order valence-electron chi connectivity index (χ3n) is 3.29. The Balaban J connectivity index is 2.92. The second-order valence-electron chi connectivity index (χ2n) is 4.30. The molecule has 0 fully saturated rings. The summed E-state index contributed by atoms with van der Waals surface area (Å²) < 4.78 is 0. The topological polar surface area (TPSA) is 58.4 Å². The minimum atomic E-state index is -0.263. The molecule has 18 heavy (non-hydrogen) atoms. The van der Waals surface area contributed by atoms with E-state index in [0.29, 0.717) is 11.4 Å². The van der Waals surface area contributed by atoms with Crippen molar-refractivity contribution in [3.63, 3.8) is 0 Å². The third kappa shape index (κ3) is 3.22. The maximum atomic E-state index is 11.7. The van der Waals surface area contributed by atoms with E-state index in [-0.39, 0.29) is 18.0 Å². The van der Waals surface area contributed by atoms with Gasteiger partial charge in [0.2, 0.25) is 0 Å². The Hall–Kier alpha value is -1.10. The van der Waals surface area contributed by atoms with Gasteiger partial charge in [0.1, 0.15) is 0 Å². The lowest BCUT2D eigenvalue weighted by Crippen LogP contribution is -2.48. The fraction of sp³-hybridized carbons (Fsp3) is 0.462. The number of halogens is 1. The molecule has 0 saturated carbocycles. The number of carbonyl (C=O) groups excluding carboxylic acids is 1. The van der Waals surface area contributed by atoms with Gasteiger partial charge in [0, 0.05) is 11.1 Å². The van der Waals surface area contributed by atoms with Gasteiger partial charge in [0.05, 0.1) is 6.04 Å². The fourth-order valence-corrected chi connectivity index (χ4v) is 2.35. The molecule has 3 N–H and O–H groups in total. The van der Waals surface area contributed by atoms with E-state index in [1.165, 1.54) is 0 Å². The number of likely N-dealkylation sites (N-methyl/N-ethyl adjacent to an activating group) is 1. The Morgan fingerprint density at radius 3 is 2.61 bits per heavy atom. The summed E-state index contributed by atoms with van der Waals surface area (Å²) in [6, 6.07) is 7.43. The molecule has 1 aromatic rings. The number of nitrogens with one attached hydrogen (secondary N) is 1. The molecule has 0 aliphatic carbocycles. The summed E-state index contributed by atoms with van der Waals surface area (Å²) in [5.74, 6) is 5.02. The number of hydrazine groups is 1. The van der Waals surface area contributed by atoms with Crippen LogP contribution in [-0.4, -0.2) is 23.9 Å². The van der Waals surface area contributed by atoms with Gasteiger partial charge in [0.25, 0.3) is 5.91 Å². The van der Waals surface area contributed by atoms with E-state index in [4.69, 9.17) is 17.4 Å². The van der Waals surface area contributed by atoms with E-state index in [0.717, 1.165) is 5.56 Å². The van der Waals surface area contributed by atoms with Crippen LogP contribution >= 0.6 is 11.6 Å². The van der Waals surface area contributed by atoms with E-state index in [1.807, 2.05) is 50.1 Å². The van der Waals surface area contributed by atoms with E-state index >= 15 is 0 Å². The molecule has 0 heterocycles. The zero-order valence-electron chi connectivity index (χ0n) is 11.0. The predicted molar refractivity (Wildman–Crippen MR) is 74.0 cm³/mol. The van der Waals surface area contributed by atoms with Crippen molar-refractivity contribution in [2.75, 3.05) is 7.05 Å². The van der Waals surface area contributed by atoms with Crippen LogP contribution in [0.4, 0.5) is 0 Å². The molecule has 5 heteroatoms. The highest BCUT2D eigenvalue weighted by molar-refractivity contribution is 6.31. The molecular formula is C13H20ClN3O. The quantitative estimate of drug-likeness (QED) is 0.489. The molecule has 0 spiro atoms. The zero-order chi connectivity index (χ0) is 13.7. The Labute approximate surface area is 113 Å². The largest absolute Gasteiger partial charge is 0.293 e. The molecule has 0 radical (unpaired) electrons. The first kappa shape index (κ1) is 15.0. The van der Waals surface area contributed by atoms with Crippen LogP contribution in [0.3, 0.4) is 0 Å². The van der Waals surface area contributed by atoms with Gasteiger partial charge in [-0.15, -0.1) is 0 Å².